The van der Waals surface area contributed by atoms with Crippen LogP contribution in [0.1, 0.15) is 139 Å². The summed E-state index contributed by atoms with van der Waals surface area (Å²) >= 11 is 0. The van der Waals surface area contributed by atoms with E-state index >= 15 is 0 Å². The summed E-state index contributed by atoms with van der Waals surface area (Å²) < 4.78 is 5.02. The van der Waals surface area contributed by atoms with Gasteiger partial charge in [0.1, 0.15) is 11.6 Å². The monoisotopic (exact) mass is 935 g/mol. The Bertz CT molecular complexity index is 2560. The standard InChI is InChI=1S/C30H43N5.C28H39N5O/c1-22(2)18-34(28-15-7-11-25-12-8-16-31-30(25)28)21-29-32-26-13-5-6-14-27(26)35(29)20-24-10-9-17-33(19-24)23(3)4;1-21(2)31-15-7-8-22(18-31)19-33-25-12-4-3-11-24(25)30-27(33)20-32(16-17-34)26-13-5-9-23-10-6-14-29-28(23)26/h5-6,8,12-14,16,22-24,28H,7,9-11,15,17-21H2,1-4H3;3-4,6,10-12,14,21-22,26,34H,5,7-9,13,15-20H2,1-2H3/t24-,28-;22-,26-/m00/s1. The molecule has 0 unspecified atom stereocenters. The second-order valence-corrected chi connectivity index (χ2v) is 21.9. The molecule has 4 atom stereocenters. The Morgan fingerprint density at radius 1 is 0.580 bits per heavy atom. The first kappa shape index (κ1) is 49.5. The highest BCUT2D eigenvalue weighted by molar-refractivity contribution is 5.76. The highest BCUT2D eigenvalue weighted by Crippen LogP contribution is 2.37. The summed E-state index contributed by atoms with van der Waals surface area (Å²) in [5.74, 6) is 4.24. The van der Waals surface area contributed by atoms with Crippen molar-refractivity contribution in [2.75, 3.05) is 45.9 Å². The molecule has 10 rings (SSSR count). The van der Waals surface area contributed by atoms with E-state index in [1.54, 1.807) is 0 Å². The molecule has 2 saturated heterocycles. The van der Waals surface area contributed by atoms with Gasteiger partial charge in [-0.2, -0.15) is 0 Å². The number of hydrogen-bond acceptors (Lipinski definition) is 9. The molecule has 2 aliphatic heterocycles. The molecule has 1 N–H and O–H groups in total. The zero-order valence-electron chi connectivity index (χ0n) is 42.9. The number of piperidine rings is 2. The van der Waals surface area contributed by atoms with Gasteiger partial charge in [-0.15, -0.1) is 0 Å². The van der Waals surface area contributed by atoms with Crippen LogP contribution in [0.2, 0.25) is 0 Å². The minimum atomic E-state index is 0.144. The van der Waals surface area contributed by atoms with E-state index in [9.17, 15) is 5.11 Å². The first-order valence-corrected chi connectivity index (χ1v) is 27.0. The van der Waals surface area contributed by atoms with Crippen molar-refractivity contribution in [3.05, 3.63) is 119 Å². The third-order valence-electron chi connectivity index (χ3n) is 15.8. The van der Waals surface area contributed by atoms with Crippen LogP contribution >= 0.6 is 0 Å². The van der Waals surface area contributed by atoms with Crippen LogP contribution in [0.3, 0.4) is 0 Å². The summed E-state index contributed by atoms with van der Waals surface area (Å²) in [7, 11) is 0. The van der Waals surface area contributed by atoms with Crippen molar-refractivity contribution in [3.8, 4) is 0 Å². The molecular weight excluding hydrogens is 853 g/mol. The first-order valence-electron chi connectivity index (χ1n) is 27.0. The van der Waals surface area contributed by atoms with Crippen LogP contribution in [-0.4, -0.2) is 112 Å². The van der Waals surface area contributed by atoms with Crippen LogP contribution in [0.25, 0.3) is 22.1 Å². The number of aliphatic hydroxyl groups is 1. The topological polar surface area (TPSA) is 94.6 Å². The molecule has 11 heteroatoms. The Labute approximate surface area is 413 Å². The van der Waals surface area contributed by atoms with Gasteiger partial charge in [-0.25, -0.2) is 9.97 Å². The average molecular weight is 935 g/mol. The molecule has 0 saturated carbocycles. The fourth-order valence-corrected chi connectivity index (χ4v) is 12.3. The predicted molar refractivity (Wildman–Crippen MR) is 281 cm³/mol. The molecule has 2 aromatic carbocycles. The van der Waals surface area contributed by atoms with E-state index in [4.69, 9.17) is 19.9 Å². The molecule has 6 aromatic rings. The predicted octanol–water partition coefficient (Wildman–Crippen LogP) is 10.5. The zero-order chi connectivity index (χ0) is 47.9. The number of fused-ring (bicyclic) bond motifs is 4. The maximum atomic E-state index is 9.95. The molecule has 2 aliphatic carbocycles. The molecule has 370 valence electrons. The van der Waals surface area contributed by atoms with Gasteiger partial charge in [0.05, 0.1) is 65.2 Å². The molecule has 0 spiro atoms. The number of pyridine rings is 2. The Hall–Kier alpha value is -4.52. The van der Waals surface area contributed by atoms with E-state index in [0.29, 0.717) is 42.4 Å². The first-order chi connectivity index (χ1) is 33.6. The fourth-order valence-electron chi connectivity index (χ4n) is 12.3. The lowest BCUT2D eigenvalue weighted by Gasteiger charge is -2.37. The van der Waals surface area contributed by atoms with E-state index in [-0.39, 0.29) is 12.6 Å². The minimum Gasteiger partial charge on any atom is -0.395 e. The van der Waals surface area contributed by atoms with E-state index in [1.165, 1.54) is 97.5 Å². The normalized spacial score (nSPS) is 21.4. The highest BCUT2D eigenvalue weighted by atomic mass is 16.3. The fraction of sp³-hybridized carbons (Fsp3) is 0.586. The van der Waals surface area contributed by atoms with Crippen LogP contribution in [-0.2, 0) is 39.0 Å². The molecule has 11 nitrogen and oxygen atoms in total. The van der Waals surface area contributed by atoms with Gasteiger partial charge in [-0.05, 0) is 170 Å². The van der Waals surface area contributed by atoms with Crippen molar-refractivity contribution in [3.63, 3.8) is 0 Å². The summed E-state index contributed by atoms with van der Waals surface area (Å²) in [4.78, 5) is 30.3. The second kappa shape index (κ2) is 23.1. The summed E-state index contributed by atoms with van der Waals surface area (Å²) in [6, 6.07) is 27.7. The molecular formula is C58H82N10O. The largest absolute Gasteiger partial charge is 0.395 e. The SMILES string of the molecule is CC(C)CN(Cc1nc2ccccc2n1C[C@H]1CCCN(C(C)C)C1)[C@H]1CCCc2cccnc21.CC(C)N1CCC[C@H](Cn2c(CN(CCO)[C@H]3CCCc4cccnc43)nc3ccccc32)C1. The van der Waals surface area contributed by atoms with Crippen molar-refractivity contribution in [1.82, 2.24) is 48.7 Å². The Balaban J connectivity index is 0.000000172. The lowest BCUT2D eigenvalue weighted by Crippen LogP contribution is -2.41. The Kier molecular flexibility index (Phi) is 16.6. The maximum absolute atomic E-state index is 9.95. The van der Waals surface area contributed by atoms with Gasteiger partial charge in [0, 0.05) is 63.7 Å². The number of aliphatic hydroxyl groups excluding tert-OH is 1. The molecule has 0 radical (unpaired) electrons. The molecule has 2 fully saturated rings. The Morgan fingerprint density at radius 2 is 1.06 bits per heavy atom. The molecule has 69 heavy (non-hydrogen) atoms. The average Bonchev–Trinajstić information content (AvgIpc) is 3.89. The smallest absolute Gasteiger partial charge is 0.124 e. The minimum absolute atomic E-state index is 0.144. The van der Waals surface area contributed by atoms with Crippen LogP contribution in [0.4, 0.5) is 0 Å². The van der Waals surface area contributed by atoms with Gasteiger partial charge in [0.25, 0.3) is 0 Å². The molecule has 0 bridgehead atoms. The van der Waals surface area contributed by atoms with E-state index in [1.807, 2.05) is 18.5 Å². The summed E-state index contributed by atoms with van der Waals surface area (Å²) in [5.41, 5.74) is 9.98. The lowest BCUT2D eigenvalue weighted by atomic mass is 9.90. The number of aromatic nitrogens is 6. The van der Waals surface area contributed by atoms with Crippen LogP contribution < -0.4 is 0 Å². The van der Waals surface area contributed by atoms with Gasteiger partial charge >= 0.3 is 0 Å². The number of rotatable bonds is 16. The van der Waals surface area contributed by atoms with Crippen molar-refractivity contribution in [2.45, 2.75) is 156 Å². The molecule has 0 amide bonds. The number of para-hydroxylation sites is 4. The quantitative estimate of drug-likeness (QED) is 0.102. The van der Waals surface area contributed by atoms with E-state index in [0.717, 1.165) is 81.8 Å². The van der Waals surface area contributed by atoms with Crippen molar-refractivity contribution in [1.29, 1.82) is 0 Å². The second-order valence-electron chi connectivity index (χ2n) is 21.9. The third-order valence-corrected chi connectivity index (χ3v) is 15.8. The lowest BCUT2D eigenvalue weighted by molar-refractivity contribution is 0.118. The van der Waals surface area contributed by atoms with E-state index in [2.05, 4.69) is 137 Å². The van der Waals surface area contributed by atoms with Crippen LogP contribution in [0.15, 0.2) is 85.2 Å². The number of nitrogens with zero attached hydrogens (tertiary/aromatic N) is 10. The van der Waals surface area contributed by atoms with Crippen LogP contribution in [0, 0.1) is 17.8 Å². The number of benzene rings is 2. The van der Waals surface area contributed by atoms with Gasteiger partial charge in [0.15, 0.2) is 0 Å². The molecule has 4 aromatic heterocycles. The van der Waals surface area contributed by atoms with E-state index < -0.39 is 0 Å². The maximum Gasteiger partial charge on any atom is 0.124 e. The zero-order valence-corrected chi connectivity index (χ0v) is 42.9. The van der Waals surface area contributed by atoms with Gasteiger partial charge in [-0.1, -0.05) is 50.2 Å². The van der Waals surface area contributed by atoms with Gasteiger partial charge in [-0.3, -0.25) is 19.8 Å². The van der Waals surface area contributed by atoms with Crippen LogP contribution in [0.5, 0.6) is 0 Å². The number of hydrogen-bond donors (Lipinski definition) is 1. The summed E-state index contributed by atoms with van der Waals surface area (Å²) in [6.45, 7) is 24.3. The van der Waals surface area contributed by atoms with Gasteiger partial charge in [0.2, 0.25) is 0 Å². The summed E-state index contributed by atoms with van der Waals surface area (Å²) in [5, 5.41) is 9.95. The molecule has 6 heterocycles. The molecule has 4 aliphatic rings. The summed E-state index contributed by atoms with van der Waals surface area (Å²) in [6.07, 6.45) is 16.0. The number of likely N-dealkylation sites (tertiary alicyclic amines) is 2. The highest BCUT2D eigenvalue weighted by Gasteiger charge is 2.32. The Morgan fingerprint density at radius 3 is 1.54 bits per heavy atom. The van der Waals surface area contributed by atoms with Crippen molar-refractivity contribution >= 4 is 22.1 Å². The van der Waals surface area contributed by atoms with Gasteiger partial charge < -0.3 is 24.0 Å². The third kappa shape index (κ3) is 11.8. The van der Waals surface area contributed by atoms with Crippen molar-refractivity contribution < 1.29 is 5.11 Å². The number of aryl methyl sites for hydroxylation is 2. The number of imidazole rings is 2. The van der Waals surface area contributed by atoms with Crippen molar-refractivity contribution in [2.24, 2.45) is 17.8 Å².